The van der Waals surface area contributed by atoms with Crippen LogP contribution in [0, 0.1) is 11.3 Å². The molecule has 0 aliphatic carbocycles. The lowest BCUT2D eigenvalue weighted by atomic mass is 10.1. The summed E-state index contributed by atoms with van der Waals surface area (Å²) in [6, 6.07) is 14.1. The van der Waals surface area contributed by atoms with Crippen molar-refractivity contribution in [2.24, 2.45) is 0 Å². The van der Waals surface area contributed by atoms with Crippen LogP contribution in [0.5, 0.6) is 11.5 Å². The highest BCUT2D eigenvalue weighted by Crippen LogP contribution is 2.25. The summed E-state index contributed by atoms with van der Waals surface area (Å²) in [6.45, 7) is 0. The molecule has 110 valence electrons. The van der Waals surface area contributed by atoms with Crippen LogP contribution in [0.15, 0.2) is 48.5 Å². The number of rotatable bonds is 5. The van der Waals surface area contributed by atoms with E-state index in [0.29, 0.717) is 22.6 Å². The molecule has 0 fully saturated rings. The van der Waals surface area contributed by atoms with Crippen molar-refractivity contribution in [1.29, 1.82) is 5.26 Å². The van der Waals surface area contributed by atoms with Crippen molar-refractivity contribution in [2.75, 3.05) is 14.2 Å². The molecule has 0 heterocycles. The summed E-state index contributed by atoms with van der Waals surface area (Å²) in [5, 5.41) is 8.87. The minimum absolute atomic E-state index is 0.179. The average molecular weight is 293 g/mol. The summed E-state index contributed by atoms with van der Waals surface area (Å²) in [5.41, 5.74) is 1.80. The van der Waals surface area contributed by atoms with Gasteiger partial charge in [0.2, 0.25) is 0 Å². The molecule has 0 N–H and O–H groups in total. The van der Waals surface area contributed by atoms with Crippen molar-refractivity contribution in [3.8, 4) is 17.6 Å². The summed E-state index contributed by atoms with van der Waals surface area (Å²) in [7, 11) is 3.06. The Morgan fingerprint density at radius 3 is 2.64 bits per heavy atom. The zero-order valence-electron chi connectivity index (χ0n) is 12.4. The maximum Gasteiger partial charge on any atom is 0.189 e. The maximum absolute atomic E-state index is 12.3. The van der Waals surface area contributed by atoms with Gasteiger partial charge in [-0.1, -0.05) is 18.2 Å². The van der Waals surface area contributed by atoms with Gasteiger partial charge in [-0.3, -0.25) is 4.79 Å². The Labute approximate surface area is 129 Å². The number of carbonyl (C=O) groups excluding carboxylic acids is 1. The first-order chi connectivity index (χ1) is 10.7. The molecule has 0 atom stereocenters. The van der Waals surface area contributed by atoms with E-state index in [1.807, 2.05) is 6.07 Å². The number of nitriles is 1. The van der Waals surface area contributed by atoms with Gasteiger partial charge in [-0.15, -0.1) is 0 Å². The molecule has 0 saturated heterocycles. The zero-order chi connectivity index (χ0) is 15.9. The number of hydrogen-bond donors (Lipinski definition) is 0. The first-order valence-corrected chi connectivity index (χ1v) is 6.62. The summed E-state index contributed by atoms with van der Waals surface area (Å²) in [4.78, 5) is 12.3. The van der Waals surface area contributed by atoms with Crippen molar-refractivity contribution in [3.05, 3.63) is 65.2 Å². The summed E-state index contributed by atoms with van der Waals surface area (Å²) >= 11 is 0. The van der Waals surface area contributed by atoms with E-state index in [0.717, 1.165) is 5.56 Å². The third-order valence-corrected chi connectivity index (χ3v) is 3.12. The minimum atomic E-state index is -0.179. The van der Waals surface area contributed by atoms with Gasteiger partial charge in [0.15, 0.2) is 5.78 Å². The molecule has 0 bridgehead atoms. The lowest BCUT2D eigenvalue weighted by Crippen LogP contribution is -1.99. The van der Waals surface area contributed by atoms with Crippen molar-refractivity contribution in [1.82, 2.24) is 0 Å². The van der Waals surface area contributed by atoms with Crippen molar-refractivity contribution in [2.45, 2.75) is 0 Å². The molecule has 0 aliphatic heterocycles. The van der Waals surface area contributed by atoms with Crippen molar-refractivity contribution < 1.29 is 14.3 Å². The molecule has 4 heteroatoms. The van der Waals surface area contributed by atoms with E-state index in [-0.39, 0.29) is 5.78 Å². The SMILES string of the molecule is COc1ccc(C(=O)C=Cc2cccc(C#N)c2)c(OC)c1. The van der Waals surface area contributed by atoms with Gasteiger partial charge in [0.25, 0.3) is 0 Å². The lowest BCUT2D eigenvalue weighted by Gasteiger charge is -2.07. The molecule has 0 unspecified atom stereocenters. The standard InChI is InChI=1S/C18H15NO3/c1-21-15-7-8-16(18(11-15)22-2)17(20)9-6-13-4-3-5-14(10-13)12-19/h3-11H,1-2H3. The molecular weight excluding hydrogens is 278 g/mol. The Hall–Kier alpha value is -3.06. The van der Waals surface area contributed by atoms with E-state index in [9.17, 15) is 4.79 Å². The molecule has 22 heavy (non-hydrogen) atoms. The monoisotopic (exact) mass is 293 g/mol. The smallest absolute Gasteiger partial charge is 0.189 e. The third kappa shape index (κ3) is 3.53. The first kappa shape index (κ1) is 15.3. The quantitative estimate of drug-likeness (QED) is 0.625. The Morgan fingerprint density at radius 1 is 1.14 bits per heavy atom. The summed E-state index contributed by atoms with van der Waals surface area (Å²) in [5.74, 6) is 0.903. The highest BCUT2D eigenvalue weighted by molar-refractivity contribution is 6.08. The molecule has 0 aromatic heterocycles. The van der Waals surface area contributed by atoms with Gasteiger partial charge >= 0.3 is 0 Å². The second-order valence-electron chi connectivity index (χ2n) is 4.50. The predicted octanol–water partition coefficient (Wildman–Crippen LogP) is 3.47. The van der Waals surface area contributed by atoms with Crippen LogP contribution in [0.4, 0.5) is 0 Å². The predicted molar refractivity (Wildman–Crippen MR) is 84.1 cm³/mol. The first-order valence-electron chi connectivity index (χ1n) is 6.62. The molecule has 0 amide bonds. The molecular formula is C18H15NO3. The molecule has 2 aromatic rings. The Balaban J connectivity index is 2.25. The second kappa shape index (κ2) is 7.09. The third-order valence-electron chi connectivity index (χ3n) is 3.12. The normalized spacial score (nSPS) is 10.2. The Morgan fingerprint density at radius 2 is 1.95 bits per heavy atom. The van der Waals surface area contributed by atoms with Gasteiger partial charge in [-0.25, -0.2) is 0 Å². The van der Waals surface area contributed by atoms with Gasteiger partial charge in [0, 0.05) is 6.07 Å². The van der Waals surface area contributed by atoms with Gasteiger partial charge in [-0.05, 0) is 35.9 Å². The van der Waals surface area contributed by atoms with Crippen LogP contribution in [-0.4, -0.2) is 20.0 Å². The molecule has 0 spiro atoms. The molecule has 2 aromatic carbocycles. The number of ether oxygens (including phenoxy) is 2. The fraction of sp³-hybridized carbons (Fsp3) is 0.111. The number of methoxy groups -OCH3 is 2. The average Bonchev–Trinajstić information content (AvgIpc) is 2.59. The molecule has 0 saturated carbocycles. The number of ketones is 1. The fourth-order valence-corrected chi connectivity index (χ4v) is 1.98. The van der Waals surface area contributed by atoms with E-state index in [4.69, 9.17) is 14.7 Å². The topological polar surface area (TPSA) is 59.3 Å². The highest BCUT2D eigenvalue weighted by atomic mass is 16.5. The van der Waals surface area contributed by atoms with Crippen LogP contribution in [0.2, 0.25) is 0 Å². The number of allylic oxidation sites excluding steroid dienone is 1. The highest BCUT2D eigenvalue weighted by Gasteiger charge is 2.10. The van der Waals surface area contributed by atoms with E-state index < -0.39 is 0 Å². The number of carbonyl (C=O) groups is 1. The number of hydrogen-bond acceptors (Lipinski definition) is 4. The Bertz CT molecular complexity index is 757. The summed E-state index contributed by atoms with van der Waals surface area (Å²) in [6.07, 6.45) is 3.13. The molecule has 4 nitrogen and oxygen atoms in total. The van der Waals surface area contributed by atoms with Gasteiger partial charge in [0.1, 0.15) is 11.5 Å². The molecule has 2 rings (SSSR count). The molecule has 0 radical (unpaired) electrons. The zero-order valence-corrected chi connectivity index (χ0v) is 12.4. The number of benzene rings is 2. The van der Waals surface area contributed by atoms with Crippen LogP contribution in [0.3, 0.4) is 0 Å². The van der Waals surface area contributed by atoms with E-state index in [1.165, 1.54) is 13.2 Å². The van der Waals surface area contributed by atoms with E-state index >= 15 is 0 Å². The van der Waals surface area contributed by atoms with Crippen LogP contribution in [0.1, 0.15) is 21.5 Å². The van der Waals surface area contributed by atoms with Crippen LogP contribution >= 0.6 is 0 Å². The van der Waals surface area contributed by atoms with Crippen LogP contribution < -0.4 is 9.47 Å². The van der Waals surface area contributed by atoms with Crippen LogP contribution in [0.25, 0.3) is 6.08 Å². The summed E-state index contributed by atoms with van der Waals surface area (Å²) < 4.78 is 10.3. The van der Waals surface area contributed by atoms with E-state index in [1.54, 1.807) is 49.6 Å². The Kier molecular flexibility index (Phi) is 4.94. The van der Waals surface area contributed by atoms with E-state index in [2.05, 4.69) is 6.07 Å². The second-order valence-corrected chi connectivity index (χ2v) is 4.50. The minimum Gasteiger partial charge on any atom is -0.497 e. The lowest BCUT2D eigenvalue weighted by molar-refractivity contribution is 0.104. The van der Waals surface area contributed by atoms with Crippen molar-refractivity contribution in [3.63, 3.8) is 0 Å². The van der Waals surface area contributed by atoms with Gasteiger partial charge in [-0.2, -0.15) is 5.26 Å². The largest absolute Gasteiger partial charge is 0.497 e. The fourth-order valence-electron chi connectivity index (χ4n) is 1.98. The van der Waals surface area contributed by atoms with Crippen LogP contribution in [-0.2, 0) is 0 Å². The van der Waals surface area contributed by atoms with Gasteiger partial charge in [0.05, 0.1) is 31.4 Å². The van der Waals surface area contributed by atoms with Crippen molar-refractivity contribution >= 4 is 11.9 Å². The molecule has 0 aliphatic rings. The van der Waals surface area contributed by atoms with Gasteiger partial charge < -0.3 is 9.47 Å². The number of nitrogens with zero attached hydrogens (tertiary/aromatic N) is 1. The maximum atomic E-state index is 12.3.